The molecule has 0 bridgehead atoms. The van der Waals surface area contributed by atoms with E-state index in [1.165, 1.54) is 19.4 Å². The van der Waals surface area contributed by atoms with Gasteiger partial charge in [-0.25, -0.2) is 10.5 Å². The molecule has 8 heteroatoms. The van der Waals surface area contributed by atoms with Crippen molar-refractivity contribution in [3.8, 4) is 28.5 Å². The maximum Gasteiger partial charge on any atom is 0.295 e. The number of methoxy groups -OCH3 is 1. The molecule has 3 rings (SSSR count). The van der Waals surface area contributed by atoms with E-state index in [2.05, 4.69) is 15.4 Å². The second-order valence-electron chi connectivity index (χ2n) is 5.96. The van der Waals surface area contributed by atoms with Gasteiger partial charge >= 0.3 is 0 Å². The van der Waals surface area contributed by atoms with Crippen LogP contribution in [0.3, 0.4) is 0 Å². The molecule has 1 heterocycles. The molecular formula is C21H21N3O5. The van der Waals surface area contributed by atoms with Crippen LogP contribution in [0.15, 0.2) is 54.9 Å². The minimum atomic E-state index is -0.548. The number of hydrogen-bond donors (Lipinski definition) is 2. The van der Waals surface area contributed by atoms with E-state index in [-0.39, 0.29) is 18.1 Å². The molecule has 0 aliphatic carbocycles. The third-order valence-corrected chi connectivity index (χ3v) is 4.01. The molecule has 8 nitrogen and oxygen atoms in total. The van der Waals surface area contributed by atoms with Crippen molar-refractivity contribution in [3.63, 3.8) is 0 Å². The number of rotatable bonds is 8. The summed E-state index contributed by atoms with van der Waals surface area (Å²) >= 11 is 0. The molecule has 2 aromatic carbocycles. The van der Waals surface area contributed by atoms with E-state index in [0.717, 1.165) is 11.3 Å². The van der Waals surface area contributed by atoms with Gasteiger partial charge in [0, 0.05) is 11.1 Å². The number of amides is 1. The number of aromatic nitrogens is 2. The van der Waals surface area contributed by atoms with Gasteiger partial charge in [0.05, 0.1) is 31.8 Å². The Bertz CT molecular complexity index is 976. The lowest BCUT2D eigenvalue weighted by atomic mass is 10.1. The van der Waals surface area contributed by atoms with Crippen molar-refractivity contribution in [1.29, 1.82) is 0 Å². The molecule has 29 heavy (non-hydrogen) atoms. The average molecular weight is 395 g/mol. The Hall–Kier alpha value is -3.65. The number of nitrogens with one attached hydrogen (secondary N) is 1. The highest BCUT2D eigenvalue weighted by Crippen LogP contribution is 2.23. The first kappa shape index (κ1) is 20.1. The Kier molecular flexibility index (Phi) is 6.59. The molecule has 0 spiro atoms. The van der Waals surface area contributed by atoms with Crippen LogP contribution in [0.2, 0.25) is 0 Å². The smallest absolute Gasteiger partial charge is 0.295 e. The zero-order valence-corrected chi connectivity index (χ0v) is 16.1. The number of aromatic hydroxyl groups is 1. The normalized spacial score (nSPS) is 10.4. The molecule has 2 N–H and O–H groups in total. The Morgan fingerprint density at radius 2 is 1.86 bits per heavy atom. The van der Waals surface area contributed by atoms with Crippen molar-refractivity contribution >= 4 is 5.91 Å². The molecule has 0 aliphatic heterocycles. The number of phenols is 1. The lowest BCUT2D eigenvalue weighted by molar-refractivity contribution is 0.0222. The minimum absolute atomic E-state index is 0.0392. The standard InChI is InChI=1S/C21H21N3O5/c1-3-28-16-6-4-14(5-7-16)18-11-22-12-19(23-18)21(26)24-29-13-15-10-17(27-2)8-9-20(15)25/h4-12,25H,3,13H2,1-2H3,(H,24,26). The maximum atomic E-state index is 12.3. The van der Waals surface area contributed by atoms with E-state index < -0.39 is 5.91 Å². The van der Waals surface area contributed by atoms with Crippen LogP contribution in [-0.4, -0.2) is 34.7 Å². The summed E-state index contributed by atoms with van der Waals surface area (Å²) in [6, 6.07) is 12.1. The molecular weight excluding hydrogens is 374 g/mol. The molecule has 0 fully saturated rings. The SMILES string of the molecule is CCOc1ccc(-c2cncc(C(=O)NOCc3cc(OC)ccc3O)n2)cc1. The summed E-state index contributed by atoms with van der Waals surface area (Å²) in [6.07, 6.45) is 2.92. The first-order valence-corrected chi connectivity index (χ1v) is 8.94. The van der Waals surface area contributed by atoms with Crippen molar-refractivity contribution in [2.45, 2.75) is 13.5 Å². The van der Waals surface area contributed by atoms with Gasteiger partial charge in [0.1, 0.15) is 29.5 Å². The molecule has 0 radical (unpaired) electrons. The topological polar surface area (TPSA) is 103 Å². The summed E-state index contributed by atoms with van der Waals surface area (Å²) in [7, 11) is 1.52. The Labute approximate surface area is 168 Å². The molecule has 3 aromatic rings. The quantitative estimate of drug-likeness (QED) is 0.565. The number of hydroxylamine groups is 1. The molecule has 150 valence electrons. The fourth-order valence-corrected chi connectivity index (χ4v) is 2.54. The van der Waals surface area contributed by atoms with Crippen LogP contribution >= 0.6 is 0 Å². The number of carbonyl (C=O) groups excluding carboxylic acids is 1. The van der Waals surface area contributed by atoms with Gasteiger partial charge in [0.15, 0.2) is 0 Å². The highest BCUT2D eigenvalue weighted by atomic mass is 16.7. The molecule has 1 aromatic heterocycles. The molecule has 0 atom stereocenters. The van der Waals surface area contributed by atoms with Crippen LogP contribution in [0, 0.1) is 0 Å². The summed E-state index contributed by atoms with van der Waals surface area (Å²) in [4.78, 5) is 25.9. The van der Waals surface area contributed by atoms with Crippen LogP contribution in [-0.2, 0) is 11.4 Å². The number of hydrogen-bond acceptors (Lipinski definition) is 7. The first-order valence-electron chi connectivity index (χ1n) is 8.94. The molecule has 0 aliphatic rings. The number of carbonyl (C=O) groups is 1. The van der Waals surface area contributed by atoms with E-state index >= 15 is 0 Å². The fraction of sp³-hybridized carbons (Fsp3) is 0.190. The predicted octanol–water partition coefficient (Wildman–Crippen LogP) is 3.12. The largest absolute Gasteiger partial charge is 0.508 e. The van der Waals surface area contributed by atoms with Gasteiger partial charge in [0.2, 0.25) is 0 Å². The van der Waals surface area contributed by atoms with E-state index in [1.54, 1.807) is 18.3 Å². The lowest BCUT2D eigenvalue weighted by Crippen LogP contribution is -2.24. The van der Waals surface area contributed by atoms with Crippen molar-refractivity contribution < 1.29 is 24.2 Å². The number of benzene rings is 2. The first-order chi connectivity index (χ1) is 14.1. The van der Waals surface area contributed by atoms with Gasteiger partial charge < -0.3 is 14.6 Å². The second kappa shape index (κ2) is 9.52. The van der Waals surface area contributed by atoms with Crippen molar-refractivity contribution in [1.82, 2.24) is 15.4 Å². The van der Waals surface area contributed by atoms with Gasteiger partial charge in [-0.1, -0.05) is 0 Å². The van der Waals surface area contributed by atoms with Crippen LogP contribution in [0.5, 0.6) is 17.2 Å². The second-order valence-corrected chi connectivity index (χ2v) is 5.96. The van der Waals surface area contributed by atoms with E-state index in [0.29, 0.717) is 23.6 Å². The summed E-state index contributed by atoms with van der Waals surface area (Å²) in [5, 5.41) is 9.85. The summed E-state index contributed by atoms with van der Waals surface area (Å²) < 4.78 is 10.5. The number of ether oxygens (including phenoxy) is 2. The third-order valence-electron chi connectivity index (χ3n) is 4.01. The summed E-state index contributed by atoms with van der Waals surface area (Å²) in [6.45, 7) is 2.46. The number of phenolic OH excluding ortho intramolecular Hbond substituents is 1. The molecule has 0 unspecified atom stereocenters. The van der Waals surface area contributed by atoms with Crippen LogP contribution < -0.4 is 15.0 Å². The zero-order valence-electron chi connectivity index (χ0n) is 16.1. The van der Waals surface area contributed by atoms with Gasteiger partial charge in [-0.05, 0) is 49.4 Å². The zero-order chi connectivity index (χ0) is 20.6. The monoisotopic (exact) mass is 395 g/mol. The Morgan fingerprint density at radius 3 is 2.59 bits per heavy atom. The van der Waals surface area contributed by atoms with E-state index in [1.807, 2.05) is 31.2 Å². The van der Waals surface area contributed by atoms with Gasteiger partial charge in [-0.3, -0.25) is 14.6 Å². The Morgan fingerprint density at radius 1 is 1.10 bits per heavy atom. The van der Waals surface area contributed by atoms with Crippen molar-refractivity contribution in [2.24, 2.45) is 0 Å². The molecule has 0 saturated carbocycles. The minimum Gasteiger partial charge on any atom is -0.508 e. The third kappa shape index (κ3) is 5.20. The highest BCUT2D eigenvalue weighted by Gasteiger charge is 2.11. The molecule has 0 saturated heterocycles. The fourth-order valence-electron chi connectivity index (χ4n) is 2.54. The predicted molar refractivity (Wildman–Crippen MR) is 106 cm³/mol. The lowest BCUT2D eigenvalue weighted by Gasteiger charge is -2.09. The maximum absolute atomic E-state index is 12.3. The summed E-state index contributed by atoms with van der Waals surface area (Å²) in [5.41, 5.74) is 4.23. The average Bonchev–Trinajstić information content (AvgIpc) is 2.76. The van der Waals surface area contributed by atoms with Crippen LogP contribution in [0.25, 0.3) is 11.3 Å². The van der Waals surface area contributed by atoms with Gasteiger partial charge in [-0.2, -0.15) is 0 Å². The van der Waals surface area contributed by atoms with Gasteiger partial charge in [-0.15, -0.1) is 0 Å². The van der Waals surface area contributed by atoms with Gasteiger partial charge in [0.25, 0.3) is 5.91 Å². The van der Waals surface area contributed by atoms with E-state index in [9.17, 15) is 9.90 Å². The highest BCUT2D eigenvalue weighted by molar-refractivity contribution is 5.91. The van der Waals surface area contributed by atoms with Crippen molar-refractivity contribution in [3.05, 3.63) is 66.1 Å². The van der Waals surface area contributed by atoms with E-state index in [4.69, 9.17) is 14.3 Å². The van der Waals surface area contributed by atoms with Crippen molar-refractivity contribution in [2.75, 3.05) is 13.7 Å². The number of nitrogens with zero attached hydrogens (tertiary/aromatic N) is 2. The molecule has 1 amide bonds. The van der Waals surface area contributed by atoms with Crippen LogP contribution in [0.4, 0.5) is 0 Å². The van der Waals surface area contributed by atoms with Crippen LogP contribution in [0.1, 0.15) is 23.0 Å². The summed E-state index contributed by atoms with van der Waals surface area (Å²) in [5.74, 6) is 0.818. The Balaban J connectivity index is 1.63.